The molecule has 1 aromatic rings. The number of ketones is 1. The number of unbranched alkanes of at least 4 members (excludes halogenated alkanes) is 1. The number of fused-ring (bicyclic) bond motifs is 1. The first-order valence-electron chi connectivity index (χ1n) is 10.9. The number of benzene rings is 1. The van der Waals surface area contributed by atoms with Crippen LogP contribution in [0.2, 0.25) is 5.82 Å². The van der Waals surface area contributed by atoms with Gasteiger partial charge >= 0.3 is 30.9 Å². The van der Waals surface area contributed by atoms with Gasteiger partial charge in [-0.05, 0) is 30.9 Å². The fourth-order valence-electron chi connectivity index (χ4n) is 3.34. The van der Waals surface area contributed by atoms with Gasteiger partial charge in [0.1, 0.15) is 11.3 Å². The van der Waals surface area contributed by atoms with Gasteiger partial charge in [-0.3, -0.25) is 14.4 Å². The minimum absolute atomic E-state index is 0.0140. The molecule has 1 aromatic carbocycles. The predicted octanol–water partition coefficient (Wildman–Crippen LogP) is 2.87. The molecule has 0 spiro atoms. The van der Waals surface area contributed by atoms with Gasteiger partial charge in [0.05, 0.1) is 7.11 Å². The van der Waals surface area contributed by atoms with Crippen molar-refractivity contribution in [2.45, 2.75) is 63.6 Å². The van der Waals surface area contributed by atoms with Crippen LogP contribution < -0.4 is 4.65 Å². The van der Waals surface area contributed by atoms with Crippen molar-refractivity contribution < 1.29 is 51.8 Å². The van der Waals surface area contributed by atoms with Gasteiger partial charge in [0.15, 0.2) is 0 Å². The summed E-state index contributed by atoms with van der Waals surface area (Å²) in [7, 11) is -0.296. The zero-order valence-corrected chi connectivity index (χ0v) is 19.0. The molecular formula is C22H27BF2O9. The molecule has 2 rings (SSSR count). The third-order valence-electron chi connectivity index (χ3n) is 5.39. The Labute approximate surface area is 195 Å². The fraction of sp³-hybridized carbons (Fsp3) is 0.545. The molecule has 1 aliphatic rings. The number of esters is 3. The Morgan fingerprint density at radius 3 is 2.47 bits per heavy atom. The van der Waals surface area contributed by atoms with E-state index in [0.717, 1.165) is 0 Å². The van der Waals surface area contributed by atoms with E-state index in [0.29, 0.717) is 18.4 Å². The number of carbonyl (C=O) groups excluding carboxylic acids is 4. The van der Waals surface area contributed by atoms with Crippen molar-refractivity contribution in [3.05, 3.63) is 29.3 Å². The summed E-state index contributed by atoms with van der Waals surface area (Å²) in [5.41, 5.74) is 0.398. The number of carbonyl (C=O) groups is 4. The Hall–Kier alpha value is -3.02. The number of hydrogen-bond acceptors (Lipinski definition) is 9. The van der Waals surface area contributed by atoms with Crippen LogP contribution in [0.3, 0.4) is 0 Å². The lowest BCUT2D eigenvalue weighted by molar-refractivity contribution is -0.152. The molecular weight excluding hydrogens is 457 g/mol. The van der Waals surface area contributed by atoms with Crippen LogP contribution in [0, 0.1) is 0 Å². The highest BCUT2D eigenvalue weighted by atomic mass is 19.3. The molecule has 9 nitrogen and oxygen atoms in total. The van der Waals surface area contributed by atoms with Crippen molar-refractivity contribution in [1.82, 2.24) is 0 Å². The van der Waals surface area contributed by atoms with Crippen LogP contribution in [-0.4, -0.2) is 55.7 Å². The highest BCUT2D eigenvalue weighted by molar-refractivity contribution is 6.47. The van der Waals surface area contributed by atoms with E-state index < -0.39 is 56.2 Å². The number of ether oxygens (including phenoxy) is 3. The molecule has 1 aliphatic heterocycles. The second-order valence-corrected chi connectivity index (χ2v) is 7.80. The molecule has 1 N–H and O–H groups in total. The molecule has 0 bridgehead atoms. The maximum Gasteiger partial charge on any atom is 0.526 e. The molecule has 0 unspecified atom stereocenters. The Morgan fingerprint density at radius 1 is 1.15 bits per heavy atom. The predicted molar refractivity (Wildman–Crippen MR) is 114 cm³/mol. The molecule has 0 radical (unpaired) electrons. The number of Topliss-reactive ketones (excluding diaryl/α,β-unsaturated/α-hetero) is 1. The van der Waals surface area contributed by atoms with Crippen LogP contribution in [0.4, 0.5) is 8.78 Å². The Balaban J connectivity index is 1.89. The van der Waals surface area contributed by atoms with Crippen molar-refractivity contribution in [3.8, 4) is 5.75 Å². The highest BCUT2D eigenvalue weighted by Gasteiger charge is 2.43. The topological polar surface area (TPSA) is 125 Å². The second kappa shape index (κ2) is 12.4. The van der Waals surface area contributed by atoms with Gasteiger partial charge in [-0.15, -0.1) is 0 Å². The SMILES string of the molecule is CCC(F)(F)C(=O)C[C@H]1Cc2cccc(C(=O)OCOC(=O)CCCCC(=O)OC)c2OB1O. The molecule has 34 heavy (non-hydrogen) atoms. The number of methoxy groups -OCH3 is 1. The van der Waals surface area contributed by atoms with E-state index in [1.165, 1.54) is 26.2 Å². The minimum atomic E-state index is -3.48. The normalized spacial score (nSPS) is 15.1. The van der Waals surface area contributed by atoms with Crippen LogP contribution in [0.5, 0.6) is 5.75 Å². The first-order chi connectivity index (χ1) is 16.1. The molecule has 1 atom stereocenters. The van der Waals surface area contributed by atoms with E-state index in [9.17, 15) is 33.0 Å². The molecule has 0 aromatic heterocycles. The summed E-state index contributed by atoms with van der Waals surface area (Å²) < 4.78 is 46.9. The molecule has 12 heteroatoms. The fourth-order valence-corrected chi connectivity index (χ4v) is 3.34. The first kappa shape index (κ1) is 27.2. The van der Waals surface area contributed by atoms with E-state index in [1.54, 1.807) is 6.07 Å². The Morgan fingerprint density at radius 2 is 1.82 bits per heavy atom. The summed E-state index contributed by atoms with van der Waals surface area (Å²) in [6, 6.07) is 4.48. The summed E-state index contributed by atoms with van der Waals surface area (Å²) >= 11 is 0. The summed E-state index contributed by atoms with van der Waals surface area (Å²) in [6.45, 7) is 0.547. The summed E-state index contributed by atoms with van der Waals surface area (Å²) in [4.78, 5) is 47.0. The maximum absolute atomic E-state index is 13.6. The molecule has 0 amide bonds. The number of alkyl halides is 2. The van der Waals surface area contributed by atoms with E-state index >= 15 is 0 Å². The molecule has 0 saturated carbocycles. The van der Waals surface area contributed by atoms with E-state index in [2.05, 4.69) is 4.74 Å². The van der Waals surface area contributed by atoms with Gasteiger partial charge in [-0.1, -0.05) is 19.1 Å². The van der Waals surface area contributed by atoms with Gasteiger partial charge in [-0.2, -0.15) is 8.78 Å². The Kier molecular flexibility index (Phi) is 9.97. The van der Waals surface area contributed by atoms with Crippen molar-refractivity contribution in [1.29, 1.82) is 0 Å². The van der Waals surface area contributed by atoms with Gasteiger partial charge in [0.2, 0.25) is 12.6 Å². The van der Waals surface area contributed by atoms with Crippen molar-refractivity contribution >= 4 is 30.8 Å². The van der Waals surface area contributed by atoms with Crippen molar-refractivity contribution in [2.24, 2.45) is 0 Å². The smallest absolute Gasteiger partial charge is 0.526 e. The second-order valence-electron chi connectivity index (χ2n) is 7.80. The summed E-state index contributed by atoms with van der Waals surface area (Å²) in [5, 5.41) is 10.2. The van der Waals surface area contributed by atoms with E-state index in [-0.39, 0.29) is 36.5 Å². The third-order valence-corrected chi connectivity index (χ3v) is 5.39. The Bertz CT molecular complexity index is 906. The van der Waals surface area contributed by atoms with Crippen LogP contribution in [0.25, 0.3) is 0 Å². The minimum Gasteiger partial charge on any atom is -0.535 e. The molecule has 186 valence electrons. The van der Waals surface area contributed by atoms with Crippen LogP contribution in [0.15, 0.2) is 18.2 Å². The monoisotopic (exact) mass is 484 g/mol. The summed E-state index contributed by atoms with van der Waals surface area (Å²) in [5.74, 6) is -7.52. The van der Waals surface area contributed by atoms with Gasteiger partial charge in [-0.25, -0.2) is 4.79 Å². The average molecular weight is 484 g/mol. The molecule has 0 aliphatic carbocycles. The zero-order chi connectivity index (χ0) is 25.3. The first-order valence-corrected chi connectivity index (χ1v) is 10.9. The van der Waals surface area contributed by atoms with E-state index in [4.69, 9.17) is 14.1 Å². The lowest BCUT2D eigenvalue weighted by Gasteiger charge is -2.29. The standard InChI is InChI=1S/C22H27BF2O9/c1-3-22(24,25)17(26)12-15-11-14-7-6-8-16(20(14)34-23(15)30)21(29)33-13-32-19(28)10-5-4-9-18(27)31-2/h6-8,15,30H,3-5,9-13H2,1-2H3/t15-/m1/s1. The lowest BCUT2D eigenvalue weighted by Crippen LogP contribution is -2.38. The lowest BCUT2D eigenvalue weighted by atomic mass is 9.64. The van der Waals surface area contributed by atoms with E-state index in [1.807, 2.05) is 0 Å². The number of rotatable bonds is 12. The van der Waals surface area contributed by atoms with Crippen molar-refractivity contribution in [3.63, 3.8) is 0 Å². The number of para-hydroxylation sites is 1. The zero-order valence-electron chi connectivity index (χ0n) is 19.0. The van der Waals surface area contributed by atoms with Crippen LogP contribution >= 0.6 is 0 Å². The van der Waals surface area contributed by atoms with Crippen LogP contribution in [-0.2, 0) is 35.0 Å². The van der Waals surface area contributed by atoms with Gasteiger partial charge in [0, 0.05) is 31.5 Å². The number of hydrogen-bond donors (Lipinski definition) is 1. The quantitative estimate of drug-likeness (QED) is 0.206. The number of halogens is 2. The van der Waals surface area contributed by atoms with Gasteiger partial charge < -0.3 is 23.9 Å². The molecule has 0 saturated heterocycles. The van der Waals surface area contributed by atoms with Crippen LogP contribution in [0.1, 0.15) is 61.4 Å². The maximum atomic E-state index is 13.6. The van der Waals surface area contributed by atoms with Gasteiger partial charge in [0.25, 0.3) is 0 Å². The summed E-state index contributed by atoms with van der Waals surface area (Å²) in [6.07, 6.45) is -0.120. The highest BCUT2D eigenvalue weighted by Crippen LogP contribution is 2.38. The largest absolute Gasteiger partial charge is 0.535 e. The molecule has 1 heterocycles. The third kappa shape index (κ3) is 7.51. The van der Waals surface area contributed by atoms with Crippen molar-refractivity contribution in [2.75, 3.05) is 13.9 Å². The average Bonchev–Trinajstić information content (AvgIpc) is 2.81. The molecule has 0 fully saturated rings.